The van der Waals surface area contributed by atoms with E-state index in [4.69, 9.17) is 0 Å². The number of aromatic nitrogens is 2. The van der Waals surface area contributed by atoms with Crippen LogP contribution in [0.25, 0.3) is 0 Å². The third kappa shape index (κ3) is 1.69. The average molecular weight is 283 g/mol. The van der Waals surface area contributed by atoms with Crippen molar-refractivity contribution in [3.8, 4) is 0 Å². The molecule has 0 aromatic carbocycles. The van der Waals surface area contributed by atoms with Crippen molar-refractivity contribution in [3.63, 3.8) is 0 Å². The quantitative estimate of drug-likeness (QED) is 0.889. The Labute approximate surface area is 114 Å². The lowest BCUT2D eigenvalue weighted by molar-refractivity contribution is 0.130. The molecule has 3 atom stereocenters. The Kier molecular flexibility index (Phi) is 2.64. The van der Waals surface area contributed by atoms with E-state index >= 15 is 0 Å². The van der Waals surface area contributed by atoms with E-state index in [0.717, 1.165) is 12.8 Å². The predicted octanol–water partition coefficient (Wildman–Crippen LogP) is 1.90. The molecule has 0 amide bonds. The number of fused-ring (bicyclic) bond motifs is 2. The van der Waals surface area contributed by atoms with Crippen molar-refractivity contribution in [3.05, 3.63) is 12.5 Å². The summed E-state index contributed by atoms with van der Waals surface area (Å²) in [6.45, 7) is 6.77. The van der Waals surface area contributed by atoms with Crippen LogP contribution in [-0.4, -0.2) is 24.4 Å². The van der Waals surface area contributed by atoms with Gasteiger partial charge < -0.3 is 4.98 Å². The molecule has 5 nitrogen and oxygen atoms in total. The normalized spacial score (nSPS) is 36.8. The van der Waals surface area contributed by atoms with E-state index in [-0.39, 0.29) is 21.9 Å². The van der Waals surface area contributed by atoms with Gasteiger partial charge in [0.2, 0.25) is 0 Å². The van der Waals surface area contributed by atoms with Gasteiger partial charge in [-0.1, -0.05) is 20.8 Å². The summed E-state index contributed by atoms with van der Waals surface area (Å²) in [6, 6.07) is 0.0227. The first kappa shape index (κ1) is 13.1. The van der Waals surface area contributed by atoms with E-state index in [9.17, 15) is 8.42 Å². The SMILES string of the molecule is CC1(C)C2CCC1(C)C(NS(=O)(=O)c1cnc[nH]1)C2. The first-order valence-corrected chi connectivity index (χ1v) is 8.26. The molecule has 1 aromatic rings. The summed E-state index contributed by atoms with van der Waals surface area (Å²) >= 11 is 0. The zero-order chi connectivity index (χ0) is 13.9. The molecule has 2 N–H and O–H groups in total. The highest BCUT2D eigenvalue weighted by atomic mass is 32.2. The number of rotatable bonds is 3. The molecule has 2 fully saturated rings. The molecule has 0 spiro atoms. The molecule has 0 radical (unpaired) electrons. The molecule has 1 heterocycles. The third-order valence-corrected chi connectivity index (χ3v) is 7.25. The van der Waals surface area contributed by atoms with E-state index in [1.165, 1.54) is 18.9 Å². The zero-order valence-corrected chi connectivity index (χ0v) is 12.4. The van der Waals surface area contributed by atoms with Crippen LogP contribution >= 0.6 is 0 Å². The van der Waals surface area contributed by atoms with Crippen LogP contribution in [0.2, 0.25) is 0 Å². The van der Waals surface area contributed by atoms with Gasteiger partial charge in [-0.05, 0) is 36.0 Å². The van der Waals surface area contributed by atoms with Gasteiger partial charge in [-0.2, -0.15) is 0 Å². The van der Waals surface area contributed by atoms with Crippen molar-refractivity contribution in [2.24, 2.45) is 16.7 Å². The second-order valence-corrected chi connectivity index (χ2v) is 8.38. The number of H-pyrrole nitrogens is 1. The standard InChI is InChI=1S/C13H21N3O2S/c1-12(2)9-4-5-13(12,3)10(6-9)16-19(17,18)11-7-14-8-15-11/h7-10,16H,4-6H2,1-3H3,(H,14,15). The molecule has 2 saturated carbocycles. The molecule has 19 heavy (non-hydrogen) atoms. The molecule has 0 aliphatic heterocycles. The molecule has 0 saturated heterocycles. The van der Waals surface area contributed by atoms with Crippen LogP contribution in [-0.2, 0) is 10.0 Å². The van der Waals surface area contributed by atoms with Crippen molar-refractivity contribution in [1.29, 1.82) is 0 Å². The van der Waals surface area contributed by atoms with Gasteiger partial charge >= 0.3 is 0 Å². The molecule has 3 unspecified atom stereocenters. The summed E-state index contributed by atoms with van der Waals surface area (Å²) in [5, 5.41) is 0.150. The van der Waals surface area contributed by atoms with Gasteiger partial charge in [0.25, 0.3) is 10.0 Å². The Morgan fingerprint density at radius 2 is 2.16 bits per heavy atom. The van der Waals surface area contributed by atoms with E-state index in [2.05, 4.69) is 35.5 Å². The lowest BCUT2D eigenvalue weighted by Crippen LogP contribution is -2.46. The monoisotopic (exact) mass is 283 g/mol. The Morgan fingerprint density at radius 1 is 1.42 bits per heavy atom. The Balaban J connectivity index is 1.87. The Morgan fingerprint density at radius 3 is 2.63 bits per heavy atom. The Hall–Kier alpha value is -0.880. The molecule has 106 valence electrons. The van der Waals surface area contributed by atoms with Crippen molar-refractivity contribution in [2.75, 3.05) is 0 Å². The number of imidazole rings is 1. The minimum Gasteiger partial charge on any atom is -0.335 e. The number of hydrogen-bond donors (Lipinski definition) is 2. The number of nitrogens with zero attached hydrogens (tertiary/aromatic N) is 1. The minimum absolute atomic E-state index is 0.0227. The minimum atomic E-state index is -3.48. The van der Waals surface area contributed by atoms with Crippen LogP contribution in [0.5, 0.6) is 0 Å². The maximum absolute atomic E-state index is 12.3. The van der Waals surface area contributed by atoms with Crippen molar-refractivity contribution < 1.29 is 8.42 Å². The second kappa shape index (κ2) is 3.82. The largest absolute Gasteiger partial charge is 0.335 e. The van der Waals surface area contributed by atoms with Gasteiger partial charge in [0.1, 0.15) is 0 Å². The summed E-state index contributed by atoms with van der Waals surface area (Å²) < 4.78 is 27.5. The summed E-state index contributed by atoms with van der Waals surface area (Å²) in [6.07, 6.45) is 5.99. The van der Waals surface area contributed by atoms with Crippen LogP contribution in [0.3, 0.4) is 0 Å². The maximum Gasteiger partial charge on any atom is 0.257 e. The topological polar surface area (TPSA) is 74.8 Å². The van der Waals surface area contributed by atoms with Gasteiger partial charge in [-0.15, -0.1) is 0 Å². The number of aromatic amines is 1. The molecule has 2 aliphatic rings. The van der Waals surface area contributed by atoms with E-state index in [0.29, 0.717) is 5.92 Å². The fourth-order valence-corrected chi connectivity index (χ4v) is 5.29. The average Bonchev–Trinajstić information content (AvgIpc) is 2.95. The van der Waals surface area contributed by atoms with Crippen LogP contribution in [0.4, 0.5) is 0 Å². The molecule has 2 aliphatic carbocycles. The molecule has 1 aromatic heterocycles. The number of nitrogens with one attached hydrogen (secondary N) is 2. The number of sulfonamides is 1. The lowest BCUT2D eigenvalue weighted by Gasteiger charge is -2.39. The maximum atomic E-state index is 12.3. The highest BCUT2D eigenvalue weighted by molar-refractivity contribution is 7.89. The molecular weight excluding hydrogens is 262 g/mol. The van der Waals surface area contributed by atoms with E-state index < -0.39 is 10.0 Å². The smallest absolute Gasteiger partial charge is 0.257 e. The third-order valence-electron chi connectivity index (χ3n) is 5.85. The van der Waals surface area contributed by atoms with Crippen LogP contribution < -0.4 is 4.72 Å². The molecular formula is C13H21N3O2S. The Bertz CT molecular complexity index is 579. The van der Waals surface area contributed by atoms with Gasteiger partial charge in [0.05, 0.1) is 12.5 Å². The summed E-state index contributed by atoms with van der Waals surface area (Å²) in [4.78, 5) is 6.45. The summed E-state index contributed by atoms with van der Waals surface area (Å²) in [7, 11) is -3.48. The predicted molar refractivity (Wildman–Crippen MR) is 71.9 cm³/mol. The first-order chi connectivity index (χ1) is 8.77. The van der Waals surface area contributed by atoms with Crippen LogP contribution in [0.1, 0.15) is 40.0 Å². The number of hydrogen-bond acceptors (Lipinski definition) is 3. The fraction of sp³-hybridized carbons (Fsp3) is 0.769. The van der Waals surface area contributed by atoms with Gasteiger partial charge in [-0.25, -0.2) is 18.1 Å². The highest BCUT2D eigenvalue weighted by Gasteiger charge is 2.61. The second-order valence-electron chi connectivity index (χ2n) is 6.70. The van der Waals surface area contributed by atoms with Crippen LogP contribution in [0.15, 0.2) is 17.6 Å². The zero-order valence-electron chi connectivity index (χ0n) is 11.6. The fourth-order valence-electron chi connectivity index (χ4n) is 4.02. The summed E-state index contributed by atoms with van der Waals surface area (Å²) in [5.74, 6) is 0.618. The molecule has 2 bridgehead atoms. The van der Waals surface area contributed by atoms with Crippen LogP contribution in [0, 0.1) is 16.7 Å². The van der Waals surface area contributed by atoms with E-state index in [1.807, 2.05) is 0 Å². The molecule has 3 rings (SSSR count). The van der Waals surface area contributed by atoms with Crippen molar-refractivity contribution >= 4 is 10.0 Å². The first-order valence-electron chi connectivity index (χ1n) is 6.78. The van der Waals surface area contributed by atoms with Crippen molar-refractivity contribution in [1.82, 2.24) is 14.7 Å². The highest BCUT2D eigenvalue weighted by Crippen LogP contribution is 2.65. The van der Waals surface area contributed by atoms with Gasteiger partial charge in [0.15, 0.2) is 5.03 Å². The summed E-state index contributed by atoms with van der Waals surface area (Å²) in [5.41, 5.74) is 0.249. The van der Waals surface area contributed by atoms with Gasteiger partial charge in [0, 0.05) is 6.04 Å². The lowest BCUT2D eigenvalue weighted by atomic mass is 9.69. The van der Waals surface area contributed by atoms with E-state index in [1.54, 1.807) is 0 Å². The molecule has 6 heteroatoms. The van der Waals surface area contributed by atoms with Crippen molar-refractivity contribution in [2.45, 2.75) is 51.1 Å². The van der Waals surface area contributed by atoms with Gasteiger partial charge in [-0.3, -0.25) is 0 Å².